The van der Waals surface area contributed by atoms with E-state index in [0.717, 1.165) is 31.7 Å². The highest BCUT2D eigenvalue weighted by atomic mass is 19.4. The van der Waals surface area contributed by atoms with Gasteiger partial charge in [0.15, 0.2) is 0 Å². The second-order valence-corrected chi connectivity index (χ2v) is 9.04. The first-order valence-corrected chi connectivity index (χ1v) is 11.4. The van der Waals surface area contributed by atoms with Crippen LogP contribution in [-0.2, 0) is 14.3 Å². The number of rotatable bonds is 2. The molecule has 0 aliphatic carbocycles. The Bertz CT molecular complexity index is 902. The summed E-state index contributed by atoms with van der Waals surface area (Å²) in [7, 11) is 0. The minimum absolute atomic E-state index is 0.0226. The van der Waals surface area contributed by atoms with Crippen LogP contribution in [0.2, 0.25) is 0 Å². The second kappa shape index (κ2) is 12.4. The van der Waals surface area contributed by atoms with Gasteiger partial charge in [-0.3, -0.25) is 9.88 Å². The molecule has 1 aromatic rings. The molecule has 16 heteroatoms. The Kier molecular flexibility index (Phi) is 10.3. The predicted molar refractivity (Wildman–Crippen MR) is 116 cm³/mol. The minimum atomic E-state index is -5.08. The number of aliphatic carboxylic acids is 2. The lowest BCUT2D eigenvalue weighted by atomic mass is 9.75. The normalized spacial score (nSPS) is 24.2. The van der Waals surface area contributed by atoms with Crippen LogP contribution in [0.3, 0.4) is 0 Å². The van der Waals surface area contributed by atoms with Crippen molar-refractivity contribution in [2.75, 3.05) is 44.3 Å². The van der Waals surface area contributed by atoms with Crippen LogP contribution in [0.4, 0.5) is 40.8 Å². The van der Waals surface area contributed by atoms with Crippen LogP contribution in [-0.4, -0.2) is 95.7 Å². The van der Waals surface area contributed by atoms with Crippen LogP contribution in [0.1, 0.15) is 25.7 Å². The third kappa shape index (κ3) is 8.38. The zero-order valence-electron chi connectivity index (χ0n) is 19.9. The topological polar surface area (TPSA) is 103 Å². The summed E-state index contributed by atoms with van der Waals surface area (Å²) in [5.74, 6) is -8.11. The number of hydrogen-bond donors (Lipinski definition) is 2. The number of nitrogens with zero attached hydrogens (tertiary/aromatic N) is 3. The van der Waals surface area contributed by atoms with Gasteiger partial charge in [-0.05, 0) is 31.4 Å². The Labute approximate surface area is 212 Å². The highest BCUT2D eigenvalue weighted by molar-refractivity contribution is 5.73. The molecule has 38 heavy (non-hydrogen) atoms. The fourth-order valence-corrected chi connectivity index (χ4v) is 4.56. The first-order chi connectivity index (χ1) is 17.5. The van der Waals surface area contributed by atoms with Crippen molar-refractivity contribution in [1.29, 1.82) is 0 Å². The maximum Gasteiger partial charge on any atom is 0.490 e. The number of alkyl halides is 8. The van der Waals surface area contributed by atoms with Gasteiger partial charge < -0.3 is 19.8 Å². The number of anilines is 1. The number of likely N-dealkylation sites (tertiary alicyclic amines) is 1. The average Bonchev–Trinajstić information content (AvgIpc) is 3.27. The molecule has 1 atom stereocenters. The summed E-state index contributed by atoms with van der Waals surface area (Å²) in [5.41, 5.74) is 0.0210. The first-order valence-electron chi connectivity index (χ1n) is 11.4. The fraction of sp³-hybridized carbons (Fsp3) is 0.682. The van der Waals surface area contributed by atoms with Gasteiger partial charge in [-0.1, -0.05) is 0 Å². The number of carbonyl (C=O) groups is 2. The molecule has 0 bridgehead atoms. The largest absolute Gasteiger partial charge is 0.490 e. The van der Waals surface area contributed by atoms with Crippen LogP contribution in [0.5, 0.6) is 0 Å². The molecule has 2 N–H and O–H groups in total. The quantitative estimate of drug-likeness (QED) is 0.518. The molecule has 3 aliphatic rings. The molecule has 8 nitrogen and oxygen atoms in total. The van der Waals surface area contributed by atoms with Crippen molar-refractivity contribution in [2.45, 2.75) is 50.0 Å². The van der Waals surface area contributed by atoms with E-state index in [2.05, 4.69) is 14.8 Å². The van der Waals surface area contributed by atoms with Gasteiger partial charge in [0.1, 0.15) is 0 Å². The standard InChI is InChI=1S/C18H25F2N3O.2C2HF3O2/c19-18(20)6-9-22(15-3-10-24-11-4-15)13-17(18)5-8-23(14-17)16-2-1-7-21-12-16;2*3-2(4,5)1(6)7/h1-2,7,12,15H,3-6,8-11,13-14H2;2*(H,6,7). The summed E-state index contributed by atoms with van der Waals surface area (Å²) >= 11 is 0. The number of carboxylic acids is 2. The van der Waals surface area contributed by atoms with E-state index in [1.54, 1.807) is 12.4 Å². The Hall–Kier alpha value is -2.75. The van der Waals surface area contributed by atoms with E-state index in [1.807, 2.05) is 12.1 Å². The molecule has 0 aromatic carbocycles. The predicted octanol–water partition coefficient (Wildman–Crippen LogP) is 4.06. The lowest BCUT2D eigenvalue weighted by Gasteiger charge is -2.49. The van der Waals surface area contributed by atoms with Crippen molar-refractivity contribution >= 4 is 17.6 Å². The van der Waals surface area contributed by atoms with Gasteiger partial charge in [-0.25, -0.2) is 18.4 Å². The number of halogens is 8. The fourth-order valence-electron chi connectivity index (χ4n) is 4.56. The highest BCUT2D eigenvalue weighted by Gasteiger charge is 2.59. The monoisotopic (exact) mass is 565 g/mol. The Morgan fingerprint density at radius 3 is 1.97 bits per heavy atom. The molecule has 4 heterocycles. The Balaban J connectivity index is 0.000000301. The smallest absolute Gasteiger partial charge is 0.475 e. The number of aromatic nitrogens is 1. The summed E-state index contributed by atoms with van der Waals surface area (Å²) < 4.78 is 98.7. The van der Waals surface area contributed by atoms with E-state index >= 15 is 0 Å². The number of piperidine rings is 1. The molecule has 3 saturated heterocycles. The van der Waals surface area contributed by atoms with Gasteiger partial charge in [0.2, 0.25) is 0 Å². The molecule has 0 radical (unpaired) electrons. The van der Waals surface area contributed by atoms with Crippen molar-refractivity contribution in [1.82, 2.24) is 9.88 Å². The molecule has 216 valence electrons. The molecule has 0 saturated carbocycles. The number of carboxylic acid groups (broad SMARTS) is 2. The van der Waals surface area contributed by atoms with Gasteiger partial charge in [0.25, 0.3) is 5.92 Å². The maximum absolute atomic E-state index is 14.9. The van der Waals surface area contributed by atoms with Gasteiger partial charge >= 0.3 is 24.3 Å². The summed E-state index contributed by atoms with van der Waals surface area (Å²) in [6.07, 6.45) is -4.21. The SMILES string of the molecule is FC1(F)CCN(C2CCOCC2)CC12CCN(c1cccnc1)C2.O=C(O)C(F)(F)F.O=C(O)C(F)(F)F. The van der Waals surface area contributed by atoms with Crippen LogP contribution in [0, 0.1) is 5.41 Å². The van der Waals surface area contributed by atoms with E-state index in [1.165, 1.54) is 0 Å². The van der Waals surface area contributed by atoms with E-state index in [0.29, 0.717) is 38.6 Å². The van der Waals surface area contributed by atoms with Crippen molar-refractivity contribution in [3.05, 3.63) is 24.5 Å². The third-order valence-electron chi connectivity index (χ3n) is 6.55. The van der Waals surface area contributed by atoms with Crippen LogP contribution >= 0.6 is 0 Å². The average molecular weight is 565 g/mol. The molecule has 1 unspecified atom stereocenters. The molecule has 4 rings (SSSR count). The van der Waals surface area contributed by atoms with Crippen molar-refractivity contribution in [3.63, 3.8) is 0 Å². The third-order valence-corrected chi connectivity index (χ3v) is 6.55. The van der Waals surface area contributed by atoms with E-state index in [-0.39, 0.29) is 6.42 Å². The van der Waals surface area contributed by atoms with Gasteiger partial charge in [0.05, 0.1) is 17.3 Å². The van der Waals surface area contributed by atoms with Crippen molar-refractivity contribution in [2.24, 2.45) is 5.41 Å². The Morgan fingerprint density at radius 2 is 1.50 bits per heavy atom. The van der Waals surface area contributed by atoms with E-state index in [9.17, 15) is 35.1 Å². The van der Waals surface area contributed by atoms with Crippen molar-refractivity contribution in [3.8, 4) is 0 Å². The number of ether oxygens (including phenoxy) is 1. The van der Waals surface area contributed by atoms with Crippen molar-refractivity contribution < 1.29 is 59.7 Å². The summed E-state index contributed by atoms with van der Waals surface area (Å²) in [4.78, 5) is 26.3. The summed E-state index contributed by atoms with van der Waals surface area (Å²) in [5, 5.41) is 14.2. The van der Waals surface area contributed by atoms with E-state index < -0.39 is 35.6 Å². The van der Waals surface area contributed by atoms with Crippen LogP contribution in [0.25, 0.3) is 0 Å². The van der Waals surface area contributed by atoms with Crippen LogP contribution < -0.4 is 4.90 Å². The van der Waals surface area contributed by atoms with Gasteiger partial charge in [-0.2, -0.15) is 26.3 Å². The molecule has 0 amide bonds. The lowest BCUT2D eigenvalue weighted by molar-refractivity contribution is -0.193. The van der Waals surface area contributed by atoms with E-state index in [4.69, 9.17) is 24.5 Å². The number of pyridine rings is 1. The zero-order valence-corrected chi connectivity index (χ0v) is 19.9. The van der Waals surface area contributed by atoms with Gasteiger partial charge in [0, 0.05) is 58.1 Å². The maximum atomic E-state index is 14.9. The second-order valence-electron chi connectivity index (χ2n) is 9.04. The molecule has 1 aromatic heterocycles. The molecular formula is C22H27F8N3O5. The number of hydrogen-bond acceptors (Lipinski definition) is 6. The molecule has 3 fully saturated rings. The van der Waals surface area contributed by atoms with Gasteiger partial charge in [-0.15, -0.1) is 0 Å². The van der Waals surface area contributed by atoms with Crippen LogP contribution in [0.15, 0.2) is 24.5 Å². The summed E-state index contributed by atoms with van der Waals surface area (Å²) in [6, 6.07) is 4.23. The highest BCUT2D eigenvalue weighted by Crippen LogP contribution is 2.50. The first kappa shape index (κ1) is 31.5. The molecular weight excluding hydrogens is 538 g/mol. The molecule has 3 aliphatic heterocycles. The lowest BCUT2D eigenvalue weighted by Crippen LogP contribution is -2.59. The molecule has 1 spiro atoms. The summed E-state index contributed by atoms with van der Waals surface area (Å²) in [6.45, 7) is 3.63. The zero-order chi connectivity index (χ0) is 28.8. The minimum Gasteiger partial charge on any atom is -0.475 e. The Morgan fingerprint density at radius 1 is 0.947 bits per heavy atom.